The predicted molar refractivity (Wildman–Crippen MR) is 71.8 cm³/mol. The largest absolute Gasteiger partial charge is 0.468 e. The van der Waals surface area contributed by atoms with Crippen LogP contribution in [0, 0.1) is 23.7 Å². The lowest BCUT2D eigenvalue weighted by atomic mass is 9.62. The van der Waals surface area contributed by atoms with Gasteiger partial charge in [-0.2, -0.15) is 0 Å². The van der Waals surface area contributed by atoms with Crippen molar-refractivity contribution < 1.29 is 23.9 Å². The van der Waals surface area contributed by atoms with Gasteiger partial charge in [-0.25, -0.2) is 4.79 Å². The maximum atomic E-state index is 12.3. The molecule has 1 N–H and O–H groups in total. The van der Waals surface area contributed by atoms with Gasteiger partial charge in [-0.05, 0) is 18.3 Å². The standard InChI is InChI=1S/C15H17NO5/c1-20-9(17)6-16-14(18)12-10-7-3-4-8(5-7)11(10)13(12)15(19)21-2/h3-4,7-8,10-11H,5-6H2,1-2H3,(H,16,18)/t7-,8+,10+,11-/m0/s1. The van der Waals surface area contributed by atoms with Crippen LogP contribution < -0.4 is 5.32 Å². The molecule has 3 aliphatic rings. The number of ether oxygens (including phenoxy) is 2. The minimum atomic E-state index is -0.521. The van der Waals surface area contributed by atoms with Crippen LogP contribution in [0.1, 0.15) is 6.42 Å². The highest BCUT2D eigenvalue weighted by Crippen LogP contribution is 2.61. The Morgan fingerprint density at radius 1 is 1.10 bits per heavy atom. The third-order valence-corrected chi connectivity index (χ3v) is 4.69. The molecule has 3 aliphatic carbocycles. The Morgan fingerprint density at radius 2 is 1.71 bits per heavy atom. The number of hydrogen-bond acceptors (Lipinski definition) is 5. The quantitative estimate of drug-likeness (QED) is 0.591. The van der Waals surface area contributed by atoms with Crippen LogP contribution >= 0.6 is 0 Å². The highest BCUT2D eigenvalue weighted by Gasteiger charge is 2.58. The highest BCUT2D eigenvalue weighted by atomic mass is 16.5. The molecule has 6 heteroatoms. The zero-order valence-corrected chi connectivity index (χ0v) is 11.9. The Labute approximate surface area is 122 Å². The van der Waals surface area contributed by atoms with Gasteiger partial charge in [0.1, 0.15) is 6.54 Å². The molecule has 0 aromatic carbocycles. The fourth-order valence-electron chi connectivity index (χ4n) is 3.82. The van der Waals surface area contributed by atoms with E-state index in [2.05, 4.69) is 22.2 Å². The molecule has 4 atom stereocenters. The van der Waals surface area contributed by atoms with Gasteiger partial charge < -0.3 is 14.8 Å². The predicted octanol–water partition coefficient (Wildman–Crippen LogP) is 0.197. The lowest BCUT2D eigenvalue weighted by Gasteiger charge is -2.40. The van der Waals surface area contributed by atoms with Gasteiger partial charge in [0, 0.05) is 17.4 Å². The average Bonchev–Trinajstić information content (AvgIpc) is 3.02. The molecule has 0 spiro atoms. The topological polar surface area (TPSA) is 81.7 Å². The second kappa shape index (κ2) is 5.02. The zero-order valence-electron chi connectivity index (χ0n) is 11.9. The first-order valence-electron chi connectivity index (χ1n) is 6.94. The highest BCUT2D eigenvalue weighted by molar-refractivity contribution is 6.07. The van der Waals surface area contributed by atoms with Crippen LogP contribution in [0.4, 0.5) is 0 Å². The minimum absolute atomic E-state index is 0.0757. The van der Waals surface area contributed by atoms with Gasteiger partial charge in [-0.15, -0.1) is 0 Å². The van der Waals surface area contributed by atoms with Gasteiger partial charge in [0.2, 0.25) is 5.91 Å². The first kappa shape index (κ1) is 13.9. The Balaban J connectivity index is 1.82. The van der Waals surface area contributed by atoms with E-state index in [1.807, 2.05) is 0 Å². The number of methoxy groups -OCH3 is 2. The summed E-state index contributed by atoms with van der Waals surface area (Å²) in [5, 5.41) is 2.51. The van der Waals surface area contributed by atoms with E-state index < -0.39 is 11.9 Å². The number of esters is 2. The summed E-state index contributed by atoms with van der Waals surface area (Å²) in [6.45, 7) is -0.200. The van der Waals surface area contributed by atoms with Gasteiger partial charge in [-0.1, -0.05) is 12.2 Å². The third kappa shape index (κ3) is 1.97. The first-order valence-corrected chi connectivity index (χ1v) is 6.94. The van der Waals surface area contributed by atoms with E-state index in [4.69, 9.17) is 4.74 Å². The average molecular weight is 291 g/mol. The number of fused-ring (bicyclic) bond motifs is 5. The van der Waals surface area contributed by atoms with Crippen LogP contribution in [-0.4, -0.2) is 38.6 Å². The number of allylic oxidation sites excluding steroid dienone is 2. The molecule has 1 amide bonds. The van der Waals surface area contributed by atoms with Crippen LogP contribution in [0.3, 0.4) is 0 Å². The molecule has 0 aromatic rings. The second-order valence-electron chi connectivity index (χ2n) is 5.58. The first-order chi connectivity index (χ1) is 10.1. The SMILES string of the molecule is COC(=O)CNC(=O)C1=C(C(=O)OC)[C@@H]2[C@H]1[C@H]1C=C[C@@H]2C1. The van der Waals surface area contributed by atoms with Crippen molar-refractivity contribution in [2.75, 3.05) is 20.8 Å². The molecule has 3 rings (SSSR count). The second-order valence-corrected chi connectivity index (χ2v) is 5.58. The molecule has 1 saturated carbocycles. The Bertz CT molecular complexity index is 577. The Hall–Kier alpha value is -2.11. The number of nitrogens with one attached hydrogen (secondary N) is 1. The molecule has 6 nitrogen and oxygen atoms in total. The monoisotopic (exact) mass is 291 g/mol. The fourth-order valence-corrected chi connectivity index (χ4v) is 3.82. The summed E-state index contributed by atoms with van der Waals surface area (Å²) in [5.41, 5.74) is 0.953. The molecule has 112 valence electrons. The van der Waals surface area contributed by atoms with Crippen molar-refractivity contribution in [3.63, 3.8) is 0 Å². The molecule has 0 heterocycles. The van der Waals surface area contributed by atoms with E-state index in [9.17, 15) is 14.4 Å². The maximum Gasteiger partial charge on any atom is 0.334 e. The molecule has 1 fully saturated rings. The van der Waals surface area contributed by atoms with Gasteiger partial charge in [0.25, 0.3) is 0 Å². The maximum absolute atomic E-state index is 12.3. The van der Waals surface area contributed by atoms with E-state index in [1.165, 1.54) is 14.2 Å². The van der Waals surface area contributed by atoms with Crippen LogP contribution in [-0.2, 0) is 23.9 Å². The summed E-state index contributed by atoms with van der Waals surface area (Å²) in [6.07, 6.45) is 5.22. The van der Waals surface area contributed by atoms with Crippen molar-refractivity contribution in [2.45, 2.75) is 6.42 Å². The van der Waals surface area contributed by atoms with E-state index in [-0.39, 0.29) is 24.3 Å². The fraction of sp³-hybridized carbons (Fsp3) is 0.533. The lowest BCUT2D eigenvalue weighted by Crippen LogP contribution is -2.45. The van der Waals surface area contributed by atoms with E-state index in [1.54, 1.807) is 0 Å². The number of amides is 1. The zero-order chi connectivity index (χ0) is 15.1. The van der Waals surface area contributed by atoms with Gasteiger partial charge in [0.15, 0.2) is 0 Å². The molecule has 0 aromatic heterocycles. The summed E-state index contributed by atoms with van der Waals surface area (Å²) >= 11 is 0. The van der Waals surface area contributed by atoms with Crippen LogP contribution in [0.25, 0.3) is 0 Å². The van der Waals surface area contributed by atoms with Crippen molar-refractivity contribution in [1.29, 1.82) is 0 Å². The molecule has 0 aliphatic heterocycles. The van der Waals surface area contributed by atoms with Crippen molar-refractivity contribution in [3.8, 4) is 0 Å². The summed E-state index contributed by atoms with van der Waals surface area (Å²) in [7, 11) is 2.57. The van der Waals surface area contributed by atoms with E-state index in [0.29, 0.717) is 23.0 Å². The molecule has 21 heavy (non-hydrogen) atoms. The molecule has 2 bridgehead atoms. The van der Waals surface area contributed by atoms with Crippen molar-refractivity contribution in [1.82, 2.24) is 5.32 Å². The third-order valence-electron chi connectivity index (χ3n) is 4.69. The van der Waals surface area contributed by atoms with Crippen molar-refractivity contribution in [3.05, 3.63) is 23.3 Å². The molecule has 0 radical (unpaired) electrons. The molecule has 0 saturated heterocycles. The van der Waals surface area contributed by atoms with Crippen LogP contribution in [0.15, 0.2) is 23.3 Å². The van der Waals surface area contributed by atoms with Gasteiger partial charge in [0.05, 0.1) is 19.8 Å². The van der Waals surface area contributed by atoms with Crippen LogP contribution in [0.5, 0.6) is 0 Å². The number of carbonyl (C=O) groups excluding carboxylic acids is 3. The number of hydrogen-bond donors (Lipinski definition) is 1. The number of carbonyl (C=O) groups is 3. The van der Waals surface area contributed by atoms with E-state index >= 15 is 0 Å². The van der Waals surface area contributed by atoms with Crippen LogP contribution in [0.2, 0.25) is 0 Å². The van der Waals surface area contributed by atoms with Gasteiger partial charge in [-0.3, -0.25) is 9.59 Å². The Kier molecular flexibility index (Phi) is 3.31. The van der Waals surface area contributed by atoms with Crippen molar-refractivity contribution in [2.24, 2.45) is 23.7 Å². The summed E-state index contributed by atoms with van der Waals surface area (Å²) in [5.74, 6) is -0.535. The molecular formula is C15H17NO5. The summed E-state index contributed by atoms with van der Waals surface area (Å²) < 4.78 is 9.30. The van der Waals surface area contributed by atoms with Crippen molar-refractivity contribution >= 4 is 17.8 Å². The molecule has 0 unspecified atom stereocenters. The number of rotatable bonds is 4. The van der Waals surface area contributed by atoms with E-state index in [0.717, 1.165) is 6.42 Å². The summed E-state index contributed by atoms with van der Waals surface area (Å²) in [6, 6.07) is 0. The normalized spacial score (nSPS) is 31.5. The Morgan fingerprint density at radius 3 is 2.29 bits per heavy atom. The smallest absolute Gasteiger partial charge is 0.334 e. The minimum Gasteiger partial charge on any atom is -0.468 e. The molecular weight excluding hydrogens is 274 g/mol. The van der Waals surface area contributed by atoms with Gasteiger partial charge >= 0.3 is 11.9 Å². The lowest BCUT2D eigenvalue weighted by molar-refractivity contribution is -0.141. The summed E-state index contributed by atoms with van der Waals surface area (Å²) in [4.78, 5) is 35.3.